The lowest BCUT2D eigenvalue weighted by Crippen LogP contribution is -2.57. The minimum Gasteiger partial charge on any atom is -0.447 e. The molecule has 1 fully saturated rings. The van der Waals surface area contributed by atoms with E-state index in [0.29, 0.717) is 13.0 Å². The second-order valence-electron chi connectivity index (χ2n) is 15.0. The summed E-state index contributed by atoms with van der Waals surface area (Å²) >= 11 is 0. The van der Waals surface area contributed by atoms with Crippen molar-refractivity contribution >= 4 is 23.9 Å². The van der Waals surface area contributed by atoms with Gasteiger partial charge in [0.2, 0.25) is 18.1 Å². The highest BCUT2D eigenvalue weighted by Crippen LogP contribution is 2.25. The molecule has 314 valence electrons. The molecule has 12 heteroatoms. The van der Waals surface area contributed by atoms with Gasteiger partial charge in [-0.25, -0.2) is 4.79 Å². The number of hydrogen-bond acceptors (Lipinski definition) is 9. The molecule has 1 heterocycles. The summed E-state index contributed by atoms with van der Waals surface area (Å²) in [6.45, 7) is 7.13. The van der Waals surface area contributed by atoms with Crippen LogP contribution in [0.25, 0.3) is 0 Å². The highest BCUT2D eigenvalue weighted by molar-refractivity contribution is 5.87. The summed E-state index contributed by atoms with van der Waals surface area (Å²) in [6.07, 6.45) is 17.3. The SMILES string of the molecule is CCCCCCCCCCCCNC(=O)[C@H](CO[C@H](C(OCc1ccccc1)OC(C)=O)N1C(=O)OCC1[C@H](C)O)NC(=O)CCCCCCCCCCC. The van der Waals surface area contributed by atoms with Crippen molar-refractivity contribution in [3.8, 4) is 0 Å². The number of nitrogens with zero attached hydrogens (tertiary/aromatic N) is 1. The Kier molecular flexibility index (Phi) is 26.1. The van der Waals surface area contributed by atoms with E-state index in [4.69, 9.17) is 18.9 Å². The highest BCUT2D eigenvalue weighted by Gasteiger charge is 2.46. The van der Waals surface area contributed by atoms with E-state index >= 15 is 0 Å². The lowest BCUT2D eigenvalue weighted by atomic mass is 10.1. The molecule has 5 atom stereocenters. The van der Waals surface area contributed by atoms with Crippen molar-refractivity contribution in [3.63, 3.8) is 0 Å². The van der Waals surface area contributed by atoms with Gasteiger partial charge in [0, 0.05) is 19.9 Å². The molecule has 0 bridgehead atoms. The lowest BCUT2D eigenvalue weighted by Gasteiger charge is -2.36. The van der Waals surface area contributed by atoms with Crippen LogP contribution in [0.3, 0.4) is 0 Å². The van der Waals surface area contributed by atoms with E-state index in [1.807, 2.05) is 30.3 Å². The van der Waals surface area contributed by atoms with Gasteiger partial charge in [-0.15, -0.1) is 0 Å². The maximum atomic E-state index is 13.6. The fourth-order valence-corrected chi connectivity index (χ4v) is 6.68. The molecule has 12 nitrogen and oxygen atoms in total. The molecule has 0 spiro atoms. The Morgan fingerprint density at radius 1 is 0.818 bits per heavy atom. The number of ether oxygens (including phenoxy) is 4. The van der Waals surface area contributed by atoms with E-state index in [2.05, 4.69) is 24.5 Å². The molecule has 1 aliphatic heterocycles. The maximum Gasteiger partial charge on any atom is 0.412 e. The third kappa shape index (κ3) is 21.0. The number of aliphatic hydroxyl groups excluding tert-OH is 1. The first kappa shape index (κ1) is 47.9. The van der Waals surface area contributed by atoms with Gasteiger partial charge in [0.1, 0.15) is 12.6 Å². The fraction of sp³-hybridized carbons (Fsp3) is 0.767. The minimum atomic E-state index is -1.45. The van der Waals surface area contributed by atoms with Crippen LogP contribution in [0, 0.1) is 0 Å². The number of carbonyl (C=O) groups is 4. The first-order chi connectivity index (χ1) is 26.7. The third-order valence-corrected chi connectivity index (χ3v) is 9.97. The predicted octanol–water partition coefficient (Wildman–Crippen LogP) is 8.08. The Labute approximate surface area is 331 Å². The first-order valence-corrected chi connectivity index (χ1v) is 21.3. The number of esters is 1. The highest BCUT2D eigenvalue weighted by atomic mass is 16.7. The lowest BCUT2D eigenvalue weighted by molar-refractivity contribution is -0.242. The Bertz CT molecular complexity index is 1190. The van der Waals surface area contributed by atoms with Gasteiger partial charge < -0.3 is 34.7 Å². The van der Waals surface area contributed by atoms with Gasteiger partial charge >= 0.3 is 12.1 Å². The van der Waals surface area contributed by atoms with E-state index < -0.39 is 48.7 Å². The Morgan fingerprint density at radius 3 is 1.91 bits per heavy atom. The molecule has 0 aromatic heterocycles. The van der Waals surface area contributed by atoms with Crippen LogP contribution in [0.5, 0.6) is 0 Å². The number of nitrogens with one attached hydrogen (secondary N) is 2. The van der Waals surface area contributed by atoms with E-state index in [-0.39, 0.29) is 32.1 Å². The molecule has 1 aromatic rings. The van der Waals surface area contributed by atoms with Crippen molar-refractivity contribution in [2.75, 3.05) is 19.8 Å². The number of rotatable bonds is 33. The van der Waals surface area contributed by atoms with Crippen LogP contribution in [0.15, 0.2) is 30.3 Å². The summed E-state index contributed by atoms with van der Waals surface area (Å²) in [5.74, 6) is -1.38. The number of amides is 3. The van der Waals surface area contributed by atoms with E-state index in [0.717, 1.165) is 49.0 Å². The normalized spacial score (nSPS) is 16.3. The topological polar surface area (TPSA) is 153 Å². The number of aliphatic hydroxyl groups is 1. The van der Waals surface area contributed by atoms with Gasteiger partial charge in [-0.2, -0.15) is 0 Å². The average Bonchev–Trinajstić information content (AvgIpc) is 3.55. The summed E-state index contributed by atoms with van der Waals surface area (Å²) < 4.78 is 23.1. The quantitative estimate of drug-likeness (QED) is 0.0366. The van der Waals surface area contributed by atoms with Crippen molar-refractivity contribution in [1.82, 2.24) is 15.5 Å². The molecule has 1 aliphatic rings. The standard InChI is InChI=1S/C43H73N3O9/c1-5-7-9-11-13-15-17-19-21-26-30-44-40(50)37(45-39(49)29-25-20-18-16-14-12-10-8-6-2)32-52-41(46-38(34(3)47)33-54-43(46)51)42(55-35(4)48)53-31-36-27-23-22-24-28-36/h22-24,27-28,34,37-38,41-42,47H,5-21,25-26,29-33H2,1-4H3,(H,44,50)(H,45,49)/t34-,37-,38?,41+,42?/m0/s1. The molecule has 1 saturated heterocycles. The van der Waals surface area contributed by atoms with Crippen LogP contribution < -0.4 is 10.6 Å². The zero-order valence-electron chi connectivity index (χ0n) is 34.4. The van der Waals surface area contributed by atoms with Crippen molar-refractivity contribution in [2.45, 2.75) is 193 Å². The van der Waals surface area contributed by atoms with Gasteiger partial charge in [0.15, 0.2) is 6.23 Å². The monoisotopic (exact) mass is 776 g/mol. The Hall–Kier alpha value is -3.22. The number of hydrogen-bond donors (Lipinski definition) is 3. The van der Waals surface area contributed by atoms with Gasteiger partial charge in [0.25, 0.3) is 0 Å². The molecule has 2 rings (SSSR count). The van der Waals surface area contributed by atoms with E-state index in [9.17, 15) is 24.3 Å². The number of carbonyl (C=O) groups excluding carboxylic acids is 4. The van der Waals surface area contributed by atoms with Gasteiger partial charge in [-0.1, -0.05) is 153 Å². The molecule has 2 unspecified atom stereocenters. The van der Waals surface area contributed by atoms with Gasteiger partial charge in [-0.05, 0) is 25.3 Å². The maximum absolute atomic E-state index is 13.6. The molecule has 55 heavy (non-hydrogen) atoms. The van der Waals surface area contributed by atoms with Crippen LogP contribution >= 0.6 is 0 Å². The van der Waals surface area contributed by atoms with Crippen LogP contribution in [0.4, 0.5) is 4.79 Å². The summed E-state index contributed by atoms with van der Waals surface area (Å²) in [4.78, 5) is 53.4. The number of benzene rings is 1. The van der Waals surface area contributed by atoms with Crippen LogP contribution in [-0.4, -0.2) is 84.3 Å². The molecule has 0 aliphatic carbocycles. The molecular formula is C43H73N3O9. The molecule has 3 N–H and O–H groups in total. The summed E-state index contributed by atoms with van der Waals surface area (Å²) in [5.41, 5.74) is 0.780. The van der Waals surface area contributed by atoms with E-state index in [1.165, 1.54) is 90.9 Å². The largest absolute Gasteiger partial charge is 0.447 e. The smallest absolute Gasteiger partial charge is 0.412 e. The average molecular weight is 776 g/mol. The molecule has 0 radical (unpaired) electrons. The summed E-state index contributed by atoms with van der Waals surface area (Å²) in [5, 5.41) is 16.4. The Morgan fingerprint density at radius 2 is 1.36 bits per heavy atom. The number of cyclic esters (lactones) is 1. The Balaban J connectivity index is 2.11. The van der Waals surface area contributed by atoms with Crippen molar-refractivity contribution in [3.05, 3.63) is 35.9 Å². The fourth-order valence-electron chi connectivity index (χ4n) is 6.68. The summed E-state index contributed by atoms with van der Waals surface area (Å²) in [7, 11) is 0. The zero-order chi connectivity index (χ0) is 40.1. The molecule has 0 saturated carbocycles. The van der Waals surface area contributed by atoms with Crippen molar-refractivity contribution in [1.29, 1.82) is 0 Å². The van der Waals surface area contributed by atoms with Crippen LogP contribution in [0.2, 0.25) is 0 Å². The third-order valence-electron chi connectivity index (χ3n) is 9.97. The molecule has 3 amide bonds. The number of unbranched alkanes of at least 4 members (excludes halogenated alkanes) is 17. The van der Waals surface area contributed by atoms with Crippen molar-refractivity contribution < 1.29 is 43.2 Å². The van der Waals surface area contributed by atoms with Crippen LogP contribution in [-0.2, 0) is 39.9 Å². The van der Waals surface area contributed by atoms with E-state index in [1.54, 1.807) is 0 Å². The zero-order valence-corrected chi connectivity index (χ0v) is 34.4. The predicted molar refractivity (Wildman–Crippen MR) is 214 cm³/mol. The van der Waals surface area contributed by atoms with Gasteiger partial charge in [0.05, 0.1) is 25.4 Å². The molecular weight excluding hydrogens is 702 g/mol. The van der Waals surface area contributed by atoms with Crippen LogP contribution in [0.1, 0.15) is 162 Å². The minimum absolute atomic E-state index is 0.0130. The first-order valence-electron chi connectivity index (χ1n) is 21.3. The second-order valence-corrected chi connectivity index (χ2v) is 15.0. The van der Waals surface area contributed by atoms with Crippen molar-refractivity contribution in [2.24, 2.45) is 0 Å². The van der Waals surface area contributed by atoms with Gasteiger partial charge in [-0.3, -0.25) is 19.3 Å². The molecule has 1 aromatic carbocycles. The second kappa shape index (κ2) is 30.0. The summed E-state index contributed by atoms with van der Waals surface area (Å²) in [6, 6.07) is 7.25.